The lowest BCUT2D eigenvalue weighted by molar-refractivity contribution is 0.211. The number of benzene rings is 2. The molecule has 148 valence electrons. The van der Waals surface area contributed by atoms with Gasteiger partial charge in [-0.3, -0.25) is 0 Å². The Bertz CT molecular complexity index is 914. The van der Waals surface area contributed by atoms with Gasteiger partial charge in [0.05, 0.1) is 0 Å². The summed E-state index contributed by atoms with van der Waals surface area (Å²) in [6.07, 6.45) is -0.181. The molecule has 0 radical (unpaired) electrons. The summed E-state index contributed by atoms with van der Waals surface area (Å²) in [6.45, 7) is 8.63. The highest BCUT2D eigenvalue weighted by atomic mass is 79.9. The van der Waals surface area contributed by atoms with Crippen molar-refractivity contribution < 1.29 is 4.74 Å². The Hall–Kier alpha value is -1.79. The Balaban J connectivity index is 1.64. The molecular weight excluding hydrogens is 434 g/mol. The fraction of sp³-hybridized carbons (Fsp3) is 0.364. The predicted molar refractivity (Wildman–Crippen MR) is 119 cm³/mol. The molecule has 1 aromatic heterocycles. The molecule has 0 spiro atoms. The molecule has 0 fully saturated rings. The Morgan fingerprint density at radius 1 is 1.04 bits per heavy atom. The van der Waals surface area contributed by atoms with Crippen LogP contribution in [0.4, 0.5) is 0 Å². The number of rotatable bonds is 6. The normalized spacial score (nSPS) is 12.8. The van der Waals surface area contributed by atoms with E-state index in [1.54, 1.807) is 11.8 Å². The summed E-state index contributed by atoms with van der Waals surface area (Å²) in [4.78, 5) is 0. The van der Waals surface area contributed by atoms with Crippen molar-refractivity contribution in [3.63, 3.8) is 0 Å². The molecule has 3 aromatic rings. The van der Waals surface area contributed by atoms with E-state index in [9.17, 15) is 0 Å². The van der Waals surface area contributed by atoms with Gasteiger partial charge in [-0.05, 0) is 47.7 Å². The van der Waals surface area contributed by atoms with Gasteiger partial charge in [-0.15, -0.1) is 10.2 Å². The van der Waals surface area contributed by atoms with Crippen molar-refractivity contribution in [2.45, 2.75) is 50.1 Å². The molecule has 0 bridgehead atoms. The van der Waals surface area contributed by atoms with E-state index in [-0.39, 0.29) is 11.5 Å². The first-order valence-corrected chi connectivity index (χ1v) is 11.1. The van der Waals surface area contributed by atoms with Crippen LogP contribution in [0, 0.1) is 0 Å². The average Bonchev–Trinajstić information content (AvgIpc) is 3.02. The van der Waals surface area contributed by atoms with Gasteiger partial charge in [0, 0.05) is 17.3 Å². The van der Waals surface area contributed by atoms with E-state index in [4.69, 9.17) is 4.74 Å². The van der Waals surface area contributed by atoms with Crippen LogP contribution in [0.5, 0.6) is 5.75 Å². The Labute approximate surface area is 179 Å². The fourth-order valence-corrected chi connectivity index (χ4v) is 3.96. The van der Waals surface area contributed by atoms with E-state index in [0.29, 0.717) is 0 Å². The second kappa shape index (κ2) is 8.70. The van der Waals surface area contributed by atoms with Crippen molar-refractivity contribution in [2.75, 3.05) is 0 Å². The second-order valence-electron chi connectivity index (χ2n) is 7.85. The van der Waals surface area contributed by atoms with Gasteiger partial charge in [-0.2, -0.15) is 0 Å². The topological polar surface area (TPSA) is 39.9 Å². The highest BCUT2D eigenvalue weighted by molar-refractivity contribution is 9.10. The molecule has 0 saturated heterocycles. The van der Waals surface area contributed by atoms with Crippen molar-refractivity contribution in [3.8, 4) is 5.75 Å². The van der Waals surface area contributed by atoms with E-state index < -0.39 is 0 Å². The minimum absolute atomic E-state index is 0.134. The maximum absolute atomic E-state index is 6.10. The Morgan fingerprint density at radius 2 is 1.68 bits per heavy atom. The SMILES string of the molecule is CC(Oc1ccc(C(C)(C)C)cc1)c1nnc(SCc2ccc(Br)cc2)n1C. The summed E-state index contributed by atoms with van der Waals surface area (Å²) in [7, 11) is 1.99. The maximum Gasteiger partial charge on any atom is 0.191 e. The summed E-state index contributed by atoms with van der Waals surface area (Å²) in [5.41, 5.74) is 2.67. The molecule has 0 aliphatic heterocycles. The molecule has 3 rings (SSSR count). The van der Waals surface area contributed by atoms with Gasteiger partial charge in [-0.25, -0.2) is 0 Å². The van der Waals surface area contributed by atoms with Gasteiger partial charge in [0.25, 0.3) is 0 Å². The highest BCUT2D eigenvalue weighted by Crippen LogP contribution is 2.28. The van der Waals surface area contributed by atoms with Crippen LogP contribution in [0.2, 0.25) is 0 Å². The van der Waals surface area contributed by atoms with Crippen LogP contribution in [0.1, 0.15) is 50.8 Å². The summed E-state index contributed by atoms with van der Waals surface area (Å²) in [5.74, 6) is 2.51. The minimum atomic E-state index is -0.181. The minimum Gasteiger partial charge on any atom is -0.483 e. The highest BCUT2D eigenvalue weighted by Gasteiger charge is 2.18. The van der Waals surface area contributed by atoms with E-state index >= 15 is 0 Å². The summed E-state index contributed by atoms with van der Waals surface area (Å²) < 4.78 is 9.20. The van der Waals surface area contributed by atoms with E-state index in [1.807, 2.05) is 30.7 Å². The zero-order valence-corrected chi connectivity index (χ0v) is 19.3. The summed E-state index contributed by atoms with van der Waals surface area (Å²) >= 11 is 5.14. The van der Waals surface area contributed by atoms with Gasteiger partial charge in [0.2, 0.25) is 0 Å². The third kappa shape index (κ3) is 5.17. The number of halogens is 1. The van der Waals surface area contributed by atoms with E-state index in [2.05, 4.69) is 83.3 Å². The molecule has 0 aliphatic rings. The average molecular weight is 460 g/mol. The molecule has 1 unspecified atom stereocenters. The second-order valence-corrected chi connectivity index (χ2v) is 9.71. The smallest absolute Gasteiger partial charge is 0.191 e. The lowest BCUT2D eigenvalue weighted by atomic mass is 9.87. The number of hydrogen-bond donors (Lipinski definition) is 0. The molecular formula is C22H26BrN3OS. The fourth-order valence-electron chi connectivity index (χ4n) is 2.82. The number of hydrogen-bond acceptors (Lipinski definition) is 4. The van der Waals surface area contributed by atoms with Crippen molar-refractivity contribution in [1.82, 2.24) is 14.8 Å². The standard InChI is InChI=1S/C22H26BrN3OS/c1-15(27-19-12-8-17(9-13-19)22(2,3)4)20-24-25-21(26(20)5)28-14-16-6-10-18(23)11-7-16/h6-13,15H,14H2,1-5H3. The monoisotopic (exact) mass is 459 g/mol. The van der Waals surface area contributed by atoms with Crippen molar-refractivity contribution in [3.05, 3.63) is 70.0 Å². The first-order valence-electron chi connectivity index (χ1n) is 9.28. The molecule has 2 aromatic carbocycles. The van der Waals surface area contributed by atoms with Gasteiger partial charge in [-0.1, -0.05) is 72.7 Å². The number of aromatic nitrogens is 3. The van der Waals surface area contributed by atoms with Gasteiger partial charge in [0.1, 0.15) is 5.75 Å². The lowest BCUT2D eigenvalue weighted by Crippen LogP contribution is -2.12. The third-order valence-corrected chi connectivity index (χ3v) is 6.17. The van der Waals surface area contributed by atoms with Crippen LogP contribution in [-0.2, 0) is 18.2 Å². The van der Waals surface area contributed by atoms with Gasteiger partial charge in [0.15, 0.2) is 17.1 Å². The third-order valence-electron chi connectivity index (χ3n) is 4.55. The van der Waals surface area contributed by atoms with Crippen LogP contribution in [0.3, 0.4) is 0 Å². The number of ether oxygens (including phenoxy) is 1. The Kier molecular flexibility index (Phi) is 6.50. The quantitative estimate of drug-likeness (QED) is 0.405. The van der Waals surface area contributed by atoms with Crippen LogP contribution in [-0.4, -0.2) is 14.8 Å². The molecule has 0 aliphatic carbocycles. The Morgan fingerprint density at radius 3 is 2.29 bits per heavy atom. The molecule has 6 heteroatoms. The van der Waals surface area contributed by atoms with Crippen LogP contribution < -0.4 is 4.74 Å². The number of thioether (sulfide) groups is 1. The van der Waals surface area contributed by atoms with E-state index in [1.165, 1.54) is 11.1 Å². The molecule has 4 nitrogen and oxygen atoms in total. The predicted octanol–water partition coefficient (Wildman–Crippen LogP) is 6.31. The largest absolute Gasteiger partial charge is 0.483 e. The molecule has 1 atom stereocenters. The van der Waals surface area contributed by atoms with Crippen molar-refractivity contribution in [1.29, 1.82) is 0 Å². The van der Waals surface area contributed by atoms with Crippen LogP contribution in [0.25, 0.3) is 0 Å². The van der Waals surface area contributed by atoms with Crippen molar-refractivity contribution >= 4 is 27.7 Å². The van der Waals surface area contributed by atoms with E-state index in [0.717, 1.165) is 27.0 Å². The van der Waals surface area contributed by atoms with Crippen LogP contribution >= 0.6 is 27.7 Å². The zero-order valence-electron chi connectivity index (χ0n) is 16.9. The molecule has 28 heavy (non-hydrogen) atoms. The molecule has 1 heterocycles. The number of nitrogens with zero attached hydrogens (tertiary/aromatic N) is 3. The summed E-state index contributed by atoms with van der Waals surface area (Å²) in [5, 5.41) is 9.58. The first kappa shape index (κ1) is 20.9. The lowest BCUT2D eigenvalue weighted by Gasteiger charge is -2.20. The molecule has 0 amide bonds. The van der Waals surface area contributed by atoms with Gasteiger partial charge >= 0.3 is 0 Å². The molecule has 0 N–H and O–H groups in total. The summed E-state index contributed by atoms with van der Waals surface area (Å²) in [6, 6.07) is 16.6. The zero-order chi connectivity index (χ0) is 20.3. The maximum atomic E-state index is 6.10. The van der Waals surface area contributed by atoms with Crippen LogP contribution in [0.15, 0.2) is 58.2 Å². The van der Waals surface area contributed by atoms with Crippen molar-refractivity contribution in [2.24, 2.45) is 7.05 Å². The molecule has 0 saturated carbocycles. The van der Waals surface area contributed by atoms with Gasteiger partial charge < -0.3 is 9.30 Å². The first-order chi connectivity index (χ1) is 13.2.